The van der Waals surface area contributed by atoms with Crippen LogP contribution >= 0.6 is 0 Å². The Balaban J connectivity index is 1.12. The van der Waals surface area contributed by atoms with Crippen molar-refractivity contribution in [3.63, 3.8) is 0 Å². The van der Waals surface area contributed by atoms with E-state index < -0.39 is 0 Å². The molecule has 0 radical (unpaired) electrons. The van der Waals surface area contributed by atoms with Gasteiger partial charge in [-0.2, -0.15) is 0 Å². The summed E-state index contributed by atoms with van der Waals surface area (Å²) in [7, 11) is 0. The summed E-state index contributed by atoms with van der Waals surface area (Å²) < 4.78 is 15.7. The second-order valence-corrected chi connectivity index (χ2v) is 15.6. The van der Waals surface area contributed by atoms with E-state index >= 15 is 0 Å². The van der Waals surface area contributed by atoms with Gasteiger partial charge in [0.25, 0.3) is 0 Å². The number of fused-ring (bicyclic) bond motifs is 10. The van der Waals surface area contributed by atoms with Crippen LogP contribution in [0, 0.1) is 0 Å². The van der Waals surface area contributed by atoms with Crippen LogP contribution < -0.4 is 0 Å². The van der Waals surface area contributed by atoms with Crippen molar-refractivity contribution >= 4 is 76.5 Å². The first kappa shape index (κ1) is 33.6. The van der Waals surface area contributed by atoms with E-state index in [1.807, 2.05) is 48.5 Å². The molecule has 13 rings (SSSR count). The number of para-hydroxylation sites is 4. The summed E-state index contributed by atoms with van der Waals surface area (Å²) in [5, 5.41) is 8.80. The minimum Gasteiger partial charge on any atom is -0.455 e. The SMILES string of the molecule is c1ccc(-c2cccc(-c3nc(-c4cccc5c4oc4ccccc45)nc(-c4cc(-n5c6ccccc6c6cc7ccccc7cc65)cc5c4oc4ccccc45)n3)c2)cc1. The Labute approximate surface area is 348 Å². The zero-order valence-corrected chi connectivity index (χ0v) is 32.6. The zero-order valence-electron chi connectivity index (χ0n) is 32.6. The van der Waals surface area contributed by atoms with Crippen LogP contribution in [0.25, 0.3) is 127 Å². The Hall–Kier alpha value is -8.35. The molecule has 0 spiro atoms. The summed E-state index contributed by atoms with van der Waals surface area (Å²) in [5.41, 5.74) is 10.8. The number of hydrogen-bond acceptors (Lipinski definition) is 5. The molecule has 0 saturated carbocycles. The third kappa shape index (κ3) is 5.26. The summed E-state index contributed by atoms with van der Waals surface area (Å²) >= 11 is 0. The molecular formula is C55H32N4O2. The first-order valence-electron chi connectivity index (χ1n) is 20.4. The van der Waals surface area contributed by atoms with Gasteiger partial charge < -0.3 is 13.4 Å². The van der Waals surface area contributed by atoms with Crippen LogP contribution in [0.15, 0.2) is 203 Å². The highest BCUT2D eigenvalue weighted by Crippen LogP contribution is 2.42. The van der Waals surface area contributed by atoms with Crippen LogP contribution in [-0.2, 0) is 0 Å². The number of aromatic nitrogens is 4. The predicted molar refractivity (Wildman–Crippen MR) is 248 cm³/mol. The molecule has 0 atom stereocenters. The van der Waals surface area contributed by atoms with E-state index in [1.54, 1.807) is 0 Å². The van der Waals surface area contributed by atoms with Gasteiger partial charge in [0.1, 0.15) is 22.3 Å². The summed E-state index contributed by atoms with van der Waals surface area (Å²) in [5.74, 6) is 1.55. The minimum atomic E-state index is 0.496. The fourth-order valence-corrected chi connectivity index (χ4v) is 9.18. The zero-order chi connectivity index (χ0) is 40.0. The van der Waals surface area contributed by atoms with Crippen molar-refractivity contribution in [1.29, 1.82) is 0 Å². The lowest BCUT2D eigenvalue weighted by molar-refractivity contribution is 0.669. The number of hydrogen-bond donors (Lipinski definition) is 0. The van der Waals surface area contributed by atoms with Crippen molar-refractivity contribution < 1.29 is 8.83 Å². The van der Waals surface area contributed by atoms with Crippen molar-refractivity contribution in [1.82, 2.24) is 19.5 Å². The maximum Gasteiger partial charge on any atom is 0.167 e. The van der Waals surface area contributed by atoms with Crippen molar-refractivity contribution in [2.45, 2.75) is 0 Å². The molecule has 284 valence electrons. The Morgan fingerprint density at radius 1 is 0.328 bits per heavy atom. The smallest absolute Gasteiger partial charge is 0.167 e. The van der Waals surface area contributed by atoms with Crippen molar-refractivity contribution in [2.24, 2.45) is 0 Å². The van der Waals surface area contributed by atoms with Gasteiger partial charge in [0.05, 0.1) is 22.2 Å². The quantitative estimate of drug-likeness (QED) is 0.174. The monoisotopic (exact) mass is 780 g/mol. The Kier molecular flexibility index (Phi) is 7.21. The normalized spacial score (nSPS) is 11.9. The summed E-state index contributed by atoms with van der Waals surface area (Å²) in [6, 6.07) is 67.5. The lowest BCUT2D eigenvalue weighted by Gasteiger charge is -2.13. The Morgan fingerprint density at radius 3 is 1.70 bits per heavy atom. The van der Waals surface area contributed by atoms with Gasteiger partial charge in [0, 0.05) is 43.6 Å². The number of furan rings is 2. The minimum absolute atomic E-state index is 0.496. The molecule has 4 aromatic heterocycles. The third-order valence-electron chi connectivity index (χ3n) is 12.0. The predicted octanol–water partition coefficient (Wildman–Crippen LogP) is 14.6. The van der Waals surface area contributed by atoms with Crippen LogP contribution in [0.4, 0.5) is 0 Å². The van der Waals surface area contributed by atoms with Gasteiger partial charge >= 0.3 is 0 Å². The number of rotatable bonds is 5. The molecule has 0 N–H and O–H groups in total. The maximum atomic E-state index is 6.79. The Morgan fingerprint density at radius 2 is 0.902 bits per heavy atom. The van der Waals surface area contributed by atoms with Crippen LogP contribution in [0.1, 0.15) is 0 Å². The van der Waals surface area contributed by atoms with Crippen LogP contribution in [0.5, 0.6) is 0 Å². The highest BCUT2D eigenvalue weighted by molar-refractivity contribution is 6.15. The lowest BCUT2D eigenvalue weighted by atomic mass is 10.0. The van der Waals surface area contributed by atoms with Gasteiger partial charge in [-0.15, -0.1) is 0 Å². The molecule has 61 heavy (non-hydrogen) atoms. The van der Waals surface area contributed by atoms with Gasteiger partial charge in [-0.3, -0.25) is 0 Å². The molecular weight excluding hydrogens is 749 g/mol. The van der Waals surface area contributed by atoms with Crippen LogP contribution in [0.3, 0.4) is 0 Å². The van der Waals surface area contributed by atoms with E-state index in [9.17, 15) is 0 Å². The highest BCUT2D eigenvalue weighted by Gasteiger charge is 2.23. The molecule has 13 aromatic rings. The molecule has 0 aliphatic carbocycles. The molecule has 0 aliphatic rings. The molecule has 0 amide bonds. The van der Waals surface area contributed by atoms with Crippen LogP contribution in [-0.4, -0.2) is 19.5 Å². The van der Waals surface area contributed by atoms with Crippen LogP contribution in [0.2, 0.25) is 0 Å². The fourth-order valence-electron chi connectivity index (χ4n) is 9.18. The summed E-state index contributed by atoms with van der Waals surface area (Å²) in [6.45, 7) is 0. The van der Waals surface area contributed by atoms with E-state index in [0.717, 1.165) is 82.8 Å². The standard InChI is InChI=1S/C55H32N4O2/c1-2-14-33(15-3-1)34-18-12-19-37(28-34)53-56-54(43-24-13-23-42-40-21-7-10-26-49(40)60-51(42)43)58-55(57-53)46-32-38(31-45-41-22-8-11-27-50(41)61-52(45)46)59-47-25-9-6-20-39(47)44-29-35-16-4-5-17-36(35)30-48(44)59/h1-32H. The molecule has 4 heterocycles. The van der Waals surface area contributed by atoms with Crippen molar-refractivity contribution in [3.8, 4) is 51.0 Å². The maximum absolute atomic E-state index is 6.79. The largest absolute Gasteiger partial charge is 0.455 e. The second-order valence-electron chi connectivity index (χ2n) is 15.6. The van der Waals surface area contributed by atoms with E-state index in [-0.39, 0.29) is 0 Å². The number of nitrogens with zero attached hydrogens (tertiary/aromatic N) is 4. The molecule has 0 saturated heterocycles. The summed E-state index contributed by atoms with van der Waals surface area (Å²) in [6.07, 6.45) is 0. The summed E-state index contributed by atoms with van der Waals surface area (Å²) in [4.78, 5) is 15.9. The molecule has 9 aromatic carbocycles. The average Bonchev–Trinajstić information content (AvgIpc) is 4.00. The van der Waals surface area contributed by atoms with Gasteiger partial charge in [-0.05, 0) is 76.5 Å². The molecule has 6 heteroatoms. The van der Waals surface area contributed by atoms with E-state index in [2.05, 4.69) is 150 Å². The molecule has 0 aliphatic heterocycles. The first-order chi connectivity index (χ1) is 30.2. The van der Waals surface area contributed by atoms with Crippen molar-refractivity contribution in [2.75, 3.05) is 0 Å². The van der Waals surface area contributed by atoms with Crippen molar-refractivity contribution in [3.05, 3.63) is 194 Å². The topological polar surface area (TPSA) is 69.9 Å². The second kappa shape index (κ2) is 13.1. The molecule has 0 unspecified atom stereocenters. The molecule has 0 bridgehead atoms. The van der Waals surface area contributed by atoms with E-state index in [1.165, 1.54) is 21.5 Å². The third-order valence-corrected chi connectivity index (χ3v) is 12.0. The molecule has 0 fully saturated rings. The average molecular weight is 781 g/mol. The highest BCUT2D eigenvalue weighted by atomic mass is 16.3. The van der Waals surface area contributed by atoms with Gasteiger partial charge in [-0.25, -0.2) is 15.0 Å². The number of benzene rings is 9. The van der Waals surface area contributed by atoms with E-state index in [0.29, 0.717) is 23.1 Å². The van der Waals surface area contributed by atoms with Gasteiger partial charge in [0.15, 0.2) is 17.5 Å². The van der Waals surface area contributed by atoms with E-state index in [4.69, 9.17) is 23.8 Å². The first-order valence-corrected chi connectivity index (χ1v) is 20.4. The Bertz CT molecular complexity index is 3900. The van der Waals surface area contributed by atoms with Gasteiger partial charge in [-0.1, -0.05) is 140 Å². The fraction of sp³-hybridized carbons (Fsp3) is 0. The lowest BCUT2D eigenvalue weighted by Crippen LogP contribution is -2.02. The van der Waals surface area contributed by atoms with Gasteiger partial charge in [0.2, 0.25) is 0 Å². The molecule has 6 nitrogen and oxygen atoms in total.